The van der Waals surface area contributed by atoms with E-state index >= 15 is 0 Å². The summed E-state index contributed by atoms with van der Waals surface area (Å²) in [4.78, 5) is 23.1. The number of nitrogens with zero attached hydrogens (tertiary/aromatic N) is 1. The lowest BCUT2D eigenvalue weighted by atomic mass is 10.0. The zero-order chi connectivity index (χ0) is 8.97. The zero-order valence-electron chi connectivity index (χ0n) is 7.25. The summed E-state index contributed by atoms with van der Waals surface area (Å²) in [5.41, 5.74) is 0. The predicted molar refractivity (Wildman–Crippen MR) is 44.5 cm³/mol. The van der Waals surface area contributed by atoms with Crippen LogP contribution >= 0.6 is 0 Å². The van der Waals surface area contributed by atoms with Gasteiger partial charge in [-0.3, -0.25) is 9.59 Å². The molecule has 1 aliphatic heterocycles. The Balaban J connectivity index is 2.27. The predicted octanol–water partition coefficient (Wildman–Crippen LogP) is -0.257. The minimum absolute atomic E-state index is 0.0183. The van der Waals surface area contributed by atoms with Gasteiger partial charge in [-0.1, -0.05) is 6.92 Å². The van der Waals surface area contributed by atoms with Crippen LogP contribution in [0.1, 0.15) is 19.8 Å². The summed E-state index contributed by atoms with van der Waals surface area (Å²) in [7, 11) is 0. The highest BCUT2D eigenvalue weighted by Crippen LogP contribution is 2.14. The average Bonchev–Trinajstić information content (AvgIpc) is 2.00. The van der Waals surface area contributed by atoms with Crippen molar-refractivity contribution in [1.29, 1.82) is 0 Å². The van der Waals surface area contributed by atoms with E-state index in [-0.39, 0.29) is 11.9 Å². The Bertz CT molecular complexity index is 182. The van der Waals surface area contributed by atoms with E-state index in [0.717, 1.165) is 19.3 Å². The lowest BCUT2D eigenvalue weighted by Gasteiger charge is -2.36. The van der Waals surface area contributed by atoms with E-state index in [1.54, 1.807) is 0 Å². The molecule has 0 aromatic heterocycles. The smallest absolute Gasteiger partial charge is 0.242 e. The summed E-state index contributed by atoms with van der Waals surface area (Å²) in [6.45, 7) is 3.41. The fourth-order valence-corrected chi connectivity index (χ4v) is 1.18. The molecule has 1 rings (SSSR count). The highest BCUT2D eigenvalue weighted by atomic mass is 16.2. The number of carbonyl (C=O) groups is 2. The second kappa shape index (κ2) is 4.09. The molecule has 0 saturated carbocycles. The zero-order valence-corrected chi connectivity index (χ0v) is 7.25. The van der Waals surface area contributed by atoms with Crippen molar-refractivity contribution < 1.29 is 9.59 Å². The fraction of sp³-hybridized carbons (Fsp3) is 0.750. The van der Waals surface area contributed by atoms with Crippen molar-refractivity contribution in [2.45, 2.75) is 25.8 Å². The topological polar surface area (TPSA) is 49.4 Å². The number of hydrogen-bond acceptors (Lipinski definition) is 2. The van der Waals surface area contributed by atoms with Gasteiger partial charge in [0.05, 0.1) is 0 Å². The summed E-state index contributed by atoms with van der Waals surface area (Å²) in [5, 5.41) is 2.76. The van der Waals surface area contributed by atoms with Crippen LogP contribution in [0.3, 0.4) is 0 Å². The lowest BCUT2D eigenvalue weighted by Crippen LogP contribution is -2.55. The van der Waals surface area contributed by atoms with Gasteiger partial charge in [0, 0.05) is 13.1 Å². The first-order chi connectivity index (χ1) is 5.79. The Morgan fingerprint density at radius 3 is 2.92 bits per heavy atom. The molecule has 0 radical (unpaired) electrons. The molecular formula is C8H14N2O2. The van der Waals surface area contributed by atoms with E-state index in [4.69, 9.17) is 0 Å². The van der Waals surface area contributed by atoms with Gasteiger partial charge >= 0.3 is 0 Å². The van der Waals surface area contributed by atoms with Crippen LogP contribution in [0.25, 0.3) is 0 Å². The monoisotopic (exact) mass is 170 g/mol. The molecule has 4 nitrogen and oxygen atoms in total. The van der Waals surface area contributed by atoms with Crippen molar-refractivity contribution in [3.63, 3.8) is 0 Å². The van der Waals surface area contributed by atoms with Gasteiger partial charge in [-0.25, -0.2) is 0 Å². The largest absolute Gasteiger partial charge is 0.354 e. The third-order valence-electron chi connectivity index (χ3n) is 2.05. The number of hydrogen-bond donors (Lipinski definition) is 1. The van der Waals surface area contributed by atoms with Crippen LogP contribution < -0.4 is 5.32 Å². The number of carbonyl (C=O) groups excluding carboxylic acids is 2. The van der Waals surface area contributed by atoms with Crippen LogP contribution in [0.2, 0.25) is 0 Å². The Labute approximate surface area is 71.9 Å². The van der Waals surface area contributed by atoms with Gasteiger partial charge in [0.25, 0.3) is 0 Å². The van der Waals surface area contributed by atoms with Gasteiger partial charge in [0.1, 0.15) is 6.04 Å². The maximum absolute atomic E-state index is 11.2. The van der Waals surface area contributed by atoms with Gasteiger partial charge in [0.15, 0.2) is 0 Å². The Morgan fingerprint density at radius 2 is 2.50 bits per heavy atom. The van der Waals surface area contributed by atoms with Gasteiger partial charge in [-0.05, 0) is 12.8 Å². The standard InChI is InChI=1S/C8H14N2O2/c1-2-4-9-8(12)7-3-5-10(7)6-11/h6-7H,2-5H2,1H3,(H,9,12). The van der Waals surface area contributed by atoms with Gasteiger partial charge in [-0.2, -0.15) is 0 Å². The SMILES string of the molecule is CCCNC(=O)C1CCN1C=O. The number of nitrogens with one attached hydrogen (secondary N) is 1. The summed E-state index contributed by atoms with van der Waals surface area (Å²) >= 11 is 0. The summed E-state index contributed by atoms with van der Waals surface area (Å²) in [6, 6.07) is -0.200. The highest BCUT2D eigenvalue weighted by Gasteiger charge is 2.32. The molecule has 0 aromatic carbocycles. The first-order valence-corrected chi connectivity index (χ1v) is 4.28. The molecule has 0 aliphatic carbocycles. The van der Waals surface area contributed by atoms with Crippen molar-refractivity contribution >= 4 is 12.3 Å². The summed E-state index contributed by atoms with van der Waals surface area (Å²) in [6.07, 6.45) is 2.47. The van der Waals surface area contributed by atoms with Crippen LogP contribution in [0, 0.1) is 0 Å². The quantitative estimate of drug-likeness (QED) is 0.591. The number of amides is 2. The molecule has 1 heterocycles. The van der Waals surface area contributed by atoms with Crippen molar-refractivity contribution in [3.8, 4) is 0 Å². The summed E-state index contributed by atoms with van der Waals surface area (Å²) < 4.78 is 0. The van der Waals surface area contributed by atoms with Crippen molar-refractivity contribution in [2.24, 2.45) is 0 Å². The van der Waals surface area contributed by atoms with E-state index in [9.17, 15) is 9.59 Å². The molecule has 1 aliphatic rings. The molecule has 1 unspecified atom stereocenters. The molecule has 4 heteroatoms. The minimum atomic E-state index is -0.200. The molecule has 0 spiro atoms. The van der Waals surface area contributed by atoms with Crippen LogP contribution in [0.15, 0.2) is 0 Å². The molecule has 1 saturated heterocycles. The van der Waals surface area contributed by atoms with Crippen LogP contribution in [0.5, 0.6) is 0 Å². The molecule has 1 atom stereocenters. The Hall–Kier alpha value is -1.06. The molecule has 0 bridgehead atoms. The molecule has 1 fully saturated rings. The van der Waals surface area contributed by atoms with Gasteiger partial charge in [0.2, 0.25) is 12.3 Å². The van der Waals surface area contributed by atoms with Crippen LogP contribution in [-0.2, 0) is 9.59 Å². The van der Waals surface area contributed by atoms with E-state index in [0.29, 0.717) is 13.1 Å². The molecular weight excluding hydrogens is 156 g/mol. The fourth-order valence-electron chi connectivity index (χ4n) is 1.18. The van der Waals surface area contributed by atoms with Crippen LogP contribution in [0.4, 0.5) is 0 Å². The third-order valence-corrected chi connectivity index (χ3v) is 2.05. The van der Waals surface area contributed by atoms with Crippen LogP contribution in [-0.4, -0.2) is 36.3 Å². The maximum atomic E-state index is 11.2. The Morgan fingerprint density at radius 1 is 1.75 bits per heavy atom. The van der Waals surface area contributed by atoms with Crippen molar-refractivity contribution in [3.05, 3.63) is 0 Å². The average molecular weight is 170 g/mol. The lowest BCUT2D eigenvalue weighted by molar-refractivity contribution is -0.139. The molecule has 0 aromatic rings. The first-order valence-electron chi connectivity index (χ1n) is 4.28. The molecule has 68 valence electrons. The molecule has 12 heavy (non-hydrogen) atoms. The van der Waals surface area contributed by atoms with Gasteiger partial charge in [-0.15, -0.1) is 0 Å². The van der Waals surface area contributed by atoms with E-state index in [2.05, 4.69) is 5.32 Å². The van der Waals surface area contributed by atoms with E-state index in [1.165, 1.54) is 4.90 Å². The Kier molecular flexibility index (Phi) is 3.08. The van der Waals surface area contributed by atoms with Crippen molar-refractivity contribution in [1.82, 2.24) is 10.2 Å². The van der Waals surface area contributed by atoms with E-state index < -0.39 is 0 Å². The third kappa shape index (κ3) is 1.75. The second-order valence-electron chi connectivity index (χ2n) is 2.94. The number of likely N-dealkylation sites (tertiary alicyclic amines) is 1. The highest BCUT2D eigenvalue weighted by molar-refractivity contribution is 5.84. The number of rotatable bonds is 4. The first kappa shape index (κ1) is 9.03. The van der Waals surface area contributed by atoms with Gasteiger partial charge < -0.3 is 10.2 Å². The molecule has 2 amide bonds. The van der Waals surface area contributed by atoms with Crippen molar-refractivity contribution in [2.75, 3.05) is 13.1 Å². The second-order valence-corrected chi connectivity index (χ2v) is 2.94. The molecule has 1 N–H and O–H groups in total. The van der Waals surface area contributed by atoms with E-state index in [1.807, 2.05) is 6.92 Å². The minimum Gasteiger partial charge on any atom is -0.354 e. The maximum Gasteiger partial charge on any atom is 0.242 e. The summed E-state index contributed by atoms with van der Waals surface area (Å²) in [5.74, 6) is -0.0183. The normalized spacial score (nSPS) is 21.4.